The summed E-state index contributed by atoms with van der Waals surface area (Å²) in [5.74, 6) is 0. The summed E-state index contributed by atoms with van der Waals surface area (Å²) in [4.78, 5) is 16.6. The number of nitrogens with two attached hydrogens (primary N) is 1. The zero-order valence-corrected chi connectivity index (χ0v) is 6.21. The maximum absolute atomic E-state index is 10.5. The number of aryl methyl sites for hydroxylation is 1. The monoisotopic (exact) mass is 153 g/mol. The maximum atomic E-state index is 10.5. The van der Waals surface area contributed by atoms with E-state index in [1.165, 1.54) is 0 Å². The standard InChI is InChI=1S/C7H11N3O/c8-3-1-2-6-4-9-7(11)10-5-6/h4-5H,1-3,8H2,(H,9,10,11). The Morgan fingerprint density at radius 1 is 1.64 bits per heavy atom. The fourth-order valence-corrected chi connectivity index (χ4v) is 0.813. The fraction of sp³-hybridized carbons (Fsp3) is 0.429. The molecule has 0 aromatic carbocycles. The Balaban J connectivity index is 2.59. The first-order valence-corrected chi connectivity index (χ1v) is 3.56. The minimum atomic E-state index is -0.304. The normalized spacial score (nSPS) is 9.91. The molecule has 4 nitrogen and oxygen atoms in total. The van der Waals surface area contributed by atoms with Gasteiger partial charge in [-0.2, -0.15) is 0 Å². The molecule has 0 spiro atoms. The molecule has 0 fully saturated rings. The Labute approximate surface area is 64.5 Å². The van der Waals surface area contributed by atoms with Gasteiger partial charge < -0.3 is 10.7 Å². The Kier molecular flexibility index (Phi) is 2.80. The number of hydrogen-bond acceptors (Lipinski definition) is 3. The van der Waals surface area contributed by atoms with Crippen LogP contribution in [0.1, 0.15) is 12.0 Å². The molecule has 4 heteroatoms. The van der Waals surface area contributed by atoms with Crippen LogP contribution in [0, 0.1) is 0 Å². The van der Waals surface area contributed by atoms with Crippen LogP contribution in [0.4, 0.5) is 0 Å². The Hall–Kier alpha value is -1.16. The highest BCUT2D eigenvalue weighted by Gasteiger charge is 1.91. The van der Waals surface area contributed by atoms with Crippen LogP contribution < -0.4 is 11.4 Å². The first kappa shape index (κ1) is 7.94. The topological polar surface area (TPSA) is 71.8 Å². The van der Waals surface area contributed by atoms with Crippen molar-refractivity contribution in [2.75, 3.05) is 6.54 Å². The van der Waals surface area contributed by atoms with Crippen molar-refractivity contribution in [2.45, 2.75) is 12.8 Å². The molecule has 0 aliphatic carbocycles. The van der Waals surface area contributed by atoms with Crippen molar-refractivity contribution in [2.24, 2.45) is 5.73 Å². The van der Waals surface area contributed by atoms with Crippen LogP contribution in [-0.4, -0.2) is 16.5 Å². The van der Waals surface area contributed by atoms with E-state index in [9.17, 15) is 4.79 Å². The summed E-state index contributed by atoms with van der Waals surface area (Å²) in [7, 11) is 0. The van der Waals surface area contributed by atoms with Gasteiger partial charge in [0.2, 0.25) is 0 Å². The third-order valence-electron chi connectivity index (χ3n) is 1.40. The lowest BCUT2D eigenvalue weighted by Crippen LogP contribution is -2.09. The second-order valence-electron chi connectivity index (χ2n) is 2.32. The van der Waals surface area contributed by atoms with Crippen molar-refractivity contribution in [3.63, 3.8) is 0 Å². The lowest BCUT2D eigenvalue weighted by atomic mass is 10.2. The summed E-state index contributed by atoms with van der Waals surface area (Å²) in [6.07, 6.45) is 5.05. The Morgan fingerprint density at radius 2 is 2.45 bits per heavy atom. The molecule has 3 N–H and O–H groups in total. The molecule has 0 atom stereocenters. The number of hydrogen-bond donors (Lipinski definition) is 2. The van der Waals surface area contributed by atoms with Gasteiger partial charge in [0.1, 0.15) is 0 Å². The third-order valence-corrected chi connectivity index (χ3v) is 1.40. The summed E-state index contributed by atoms with van der Waals surface area (Å²) in [5, 5.41) is 0. The van der Waals surface area contributed by atoms with E-state index in [1.807, 2.05) is 0 Å². The number of H-pyrrole nitrogens is 1. The van der Waals surface area contributed by atoms with Crippen molar-refractivity contribution in [3.8, 4) is 0 Å². The van der Waals surface area contributed by atoms with Crippen molar-refractivity contribution in [1.29, 1.82) is 0 Å². The number of aromatic nitrogens is 2. The summed E-state index contributed by atoms with van der Waals surface area (Å²) in [5.41, 5.74) is 6.03. The zero-order chi connectivity index (χ0) is 8.10. The van der Waals surface area contributed by atoms with Gasteiger partial charge in [0, 0.05) is 12.4 Å². The molecular formula is C7H11N3O. The summed E-state index contributed by atoms with van der Waals surface area (Å²) in [6, 6.07) is 0. The van der Waals surface area contributed by atoms with Crippen molar-refractivity contribution >= 4 is 0 Å². The highest BCUT2D eigenvalue weighted by atomic mass is 16.1. The van der Waals surface area contributed by atoms with Crippen LogP contribution in [0.2, 0.25) is 0 Å². The van der Waals surface area contributed by atoms with Gasteiger partial charge in [-0.25, -0.2) is 9.78 Å². The van der Waals surface area contributed by atoms with Crippen LogP contribution >= 0.6 is 0 Å². The molecule has 11 heavy (non-hydrogen) atoms. The average molecular weight is 153 g/mol. The van der Waals surface area contributed by atoms with E-state index in [0.29, 0.717) is 6.54 Å². The van der Waals surface area contributed by atoms with Crippen LogP contribution in [0.5, 0.6) is 0 Å². The van der Waals surface area contributed by atoms with Crippen LogP contribution in [0.25, 0.3) is 0 Å². The highest BCUT2D eigenvalue weighted by Crippen LogP contribution is 1.94. The van der Waals surface area contributed by atoms with E-state index < -0.39 is 0 Å². The van der Waals surface area contributed by atoms with Crippen LogP contribution in [0.15, 0.2) is 17.2 Å². The minimum absolute atomic E-state index is 0.304. The first-order chi connectivity index (χ1) is 5.33. The van der Waals surface area contributed by atoms with Crippen LogP contribution in [-0.2, 0) is 6.42 Å². The largest absolute Gasteiger partial charge is 0.344 e. The molecule has 0 amide bonds. The molecule has 0 unspecified atom stereocenters. The predicted octanol–water partition coefficient (Wildman–Crippen LogP) is -0.339. The van der Waals surface area contributed by atoms with Crippen LogP contribution in [0.3, 0.4) is 0 Å². The molecule has 1 rings (SSSR count). The lowest BCUT2D eigenvalue weighted by Gasteiger charge is -1.95. The average Bonchev–Trinajstić information content (AvgIpc) is 2.04. The maximum Gasteiger partial charge on any atom is 0.344 e. The highest BCUT2D eigenvalue weighted by molar-refractivity contribution is 5.02. The quantitative estimate of drug-likeness (QED) is 0.624. The Morgan fingerprint density at radius 3 is 3.00 bits per heavy atom. The molecule has 0 radical (unpaired) electrons. The van der Waals surface area contributed by atoms with E-state index in [1.54, 1.807) is 12.4 Å². The minimum Gasteiger partial charge on any atom is -0.330 e. The van der Waals surface area contributed by atoms with E-state index >= 15 is 0 Å². The van der Waals surface area contributed by atoms with Gasteiger partial charge >= 0.3 is 5.69 Å². The molecule has 0 saturated heterocycles. The van der Waals surface area contributed by atoms with Crippen molar-refractivity contribution in [3.05, 3.63) is 28.4 Å². The molecule has 60 valence electrons. The van der Waals surface area contributed by atoms with E-state index in [-0.39, 0.29) is 5.69 Å². The Bertz CT molecular complexity index is 248. The molecule has 0 saturated carbocycles. The number of nitrogens with one attached hydrogen (secondary N) is 1. The van der Waals surface area contributed by atoms with Gasteiger partial charge in [0.25, 0.3) is 0 Å². The predicted molar refractivity (Wildman–Crippen MR) is 42.2 cm³/mol. The molecule has 1 aromatic rings. The van der Waals surface area contributed by atoms with E-state index in [2.05, 4.69) is 9.97 Å². The van der Waals surface area contributed by atoms with Gasteiger partial charge in [-0.3, -0.25) is 0 Å². The summed E-state index contributed by atoms with van der Waals surface area (Å²) >= 11 is 0. The number of aromatic amines is 1. The molecule has 0 aliphatic heterocycles. The molecule has 0 bridgehead atoms. The van der Waals surface area contributed by atoms with Gasteiger partial charge in [0.05, 0.1) is 0 Å². The smallest absolute Gasteiger partial charge is 0.330 e. The summed E-state index contributed by atoms with van der Waals surface area (Å²) in [6.45, 7) is 0.666. The molecule has 0 aliphatic rings. The van der Waals surface area contributed by atoms with Gasteiger partial charge in [-0.05, 0) is 24.9 Å². The molecular weight excluding hydrogens is 142 g/mol. The third kappa shape index (κ3) is 2.51. The second kappa shape index (κ2) is 3.88. The van der Waals surface area contributed by atoms with Gasteiger partial charge in [0.15, 0.2) is 0 Å². The van der Waals surface area contributed by atoms with Gasteiger partial charge in [-0.15, -0.1) is 0 Å². The molecule has 1 aromatic heterocycles. The number of nitrogens with zero attached hydrogens (tertiary/aromatic N) is 1. The molecule has 1 heterocycles. The van der Waals surface area contributed by atoms with Crippen molar-refractivity contribution in [1.82, 2.24) is 9.97 Å². The van der Waals surface area contributed by atoms with E-state index in [4.69, 9.17) is 5.73 Å². The zero-order valence-electron chi connectivity index (χ0n) is 6.21. The number of rotatable bonds is 3. The van der Waals surface area contributed by atoms with Crippen molar-refractivity contribution < 1.29 is 0 Å². The first-order valence-electron chi connectivity index (χ1n) is 3.56. The second-order valence-corrected chi connectivity index (χ2v) is 2.32. The van der Waals surface area contributed by atoms with Gasteiger partial charge in [-0.1, -0.05) is 0 Å². The SMILES string of the molecule is NCCCc1cnc(=O)[nH]c1. The summed E-state index contributed by atoms with van der Waals surface area (Å²) < 4.78 is 0. The lowest BCUT2D eigenvalue weighted by molar-refractivity contribution is 0.819. The van der Waals surface area contributed by atoms with E-state index in [0.717, 1.165) is 18.4 Å². The fourth-order valence-electron chi connectivity index (χ4n) is 0.813.